The Morgan fingerprint density at radius 3 is 2.77 bits per heavy atom. The van der Waals surface area contributed by atoms with Crippen molar-refractivity contribution >= 4 is 23.4 Å². The molecule has 1 aliphatic carbocycles. The number of aromatic nitrogens is 3. The van der Waals surface area contributed by atoms with Crippen molar-refractivity contribution in [3.05, 3.63) is 41.0 Å². The fourth-order valence-electron chi connectivity index (χ4n) is 2.72. The fraction of sp³-hybridized carbons (Fsp3) is 0.438. The summed E-state index contributed by atoms with van der Waals surface area (Å²) >= 11 is 6.14. The van der Waals surface area contributed by atoms with Crippen LogP contribution in [-0.4, -0.2) is 21.2 Å². The first-order valence-electron chi connectivity index (χ1n) is 7.75. The van der Waals surface area contributed by atoms with E-state index >= 15 is 0 Å². The maximum absolute atomic E-state index is 6.14. The van der Waals surface area contributed by atoms with Crippen molar-refractivity contribution in [2.24, 2.45) is 0 Å². The second-order valence-corrected chi connectivity index (χ2v) is 6.00. The molecule has 0 radical (unpaired) electrons. The molecule has 1 saturated carbocycles. The Morgan fingerprint density at radius 2 is 1.95 bits per heavy atom. The van der Waals surface area contributed by atoms with Gasteiger partial charge in [0, 0.05) is 17.6 Å². The number of rotatable bonds is 5. The first-order chi connectivity index (χ1) is 10.8. The topological polar surface area (TPSA) is 62.7 Å². The molecule has 1 aromatic heterocycles. The average Bonchev–Trinajstić information content (AvgIpc) is 2.55. The minimum atomic E-state index is 0.502. The van der Waals surface area contributed by atoms with Gasteiger partial charge in [-0.05, 0) is 24.5 Å². The van der Waals surface area contributed by atoms with E-state index in [1.807, 2.05) is 24.3 Å². The monoisotopic (exact) mass is 317 g/mol. The molecule has 0 saturated heterocycles. The number of nitrogens with one attached hydrogen (secondary N) is 2. The van der Waals surface area contributed by atoms with Crippen molar-refractivity contribution in [1.82, 2.24) is 15.2 Å². The van der Waals surface area contributed by atoms with Crippen LogP contribution in [0.3, 0.4) is 0 Å². The van der Waals surface area contributed by atoms with Gasteiger partial charge in [-0.1, -0.05) is 49.1 Å². The summed E-state index contributed by atoms with van der Waals surface area (Å²) in [4.78, 5) is 4.47. The Balaban J connectivity index is 1.60. The molecule has 0 unspecified atom stereocenters. The van der Waals surface area contributed by atoms with Gasteiger partial charge in [0.1, 0.15) is 0 Å². The van der Waals surface area contributed by atoms with Crippen LogP contribution in [0.1, 0.15) is 37.7 Å². The molecule has 1 aromatic carbocycles. The molecule has 116 valence electrons. The summed E-state index contributed by atoms with van der Waals surface area (Å²) in [7, 11) is 0. The van der Waals surface area contributed by atoms with Crippen molar-refractivity contribution in [3.8, 4) is 0 Å². The zero-order valence-electron chi connectivity index (χ0n) is 12.4. The lowest BCUT2D eigenvalue weighted by Crippen LogP contribution is -2.23. The van der Waals surface area contributed by atoms with Crippen molar-refractivity contribution in [1.29, 1.82) is 0 Å². The summed E-state index contributed by atoms with van der Waals surface area (Å²) in [5.41, 5.74) is 1.01. The number of anilines is 2. The highest BCUT2D eigenvalue weighted by Gasteiger charge is 2.14. The Kier molecular flexibility index (Phi) is 5.06. The third-order valence-corrected chi connectivity index (χ3v) is 4.28. The second kappa shape index (κ2) is 7.40. The number of hydrogen-bond acceptors (Lipinski definition) is 5. The van der Waals surface area contributed by atoms with Crippen LogP contribution in [0.25, 0.3) is 0 Å². The first kappa shape index (κ1) is 15.0. The Labute approximate surface area is 135 Å². The highest BCUT2D eigenvalue weighted by atomic mass is 35.5. The average molecular weight is 318 g/mol. The third kappa shape index (κ3) is 4.07. The standard InChI is InChI=1S/C16H20ClN5/c17-14-9-5-4-6-12(14)10-18-16-21-15(11-19-22-16)20-13-7-2-1-3-8-13/h4-6,9,11,13H,1-3,7-8,10H2,(H2,18,20,21,22). The molecule has 0 atom stereocenters. The molecule has 0 bridgehead atoms. The smallest absolute Gasteiger partial charge is 0.244 e. The van der Waals surface area contributed by atoms with Crippen LogP contribution in [0, 0.1) is 0 Å². The Hall–Kier alpha value is -1.88. The lowest BCUT2D eigenvalue weighted by atomic mass is 9.96. The van der Waals surface area contributed by atoms with Crippen LogP contribution in [-0.2, 0) is 6.54 Å². The van der Waals surface area contributed by atoms with E-state index in [0.717, 1.165) is 16.4 Å². The van der Waals surface area contributed by atoms with Gasteiger partial charge in [-0.25, -0.2) is 0 Å². The summed E-state index contributed by atoms with van der Waals surface area (Å²) in [6.45, 7) is 0.578. The van der Waals surface area contributed by atoms with Gasteiger partial charge in [0.05, 0.1) is 6.20 Å². The number of benzene rings is 1. The van der Waals surface area contributed by atoms with Crippen LogP contribution < -0.4 is 10.6 Å². The van der Waals surface area contributed by atoms with Crippen molar-refractivity contribution in [2.75, 3.05) is 10.6 Å². The van der Waals surface area contributed by atoms with Gasteiger partial charge in [-0.3, -0.25) is 0 Å². The van der Waals surface area contributed by atoms with Gasteiger partial charge >= 0.3 is 0 Å². The minimum absolute atomic E-state index is 0.502. The number of nitrogens with zero attached hydrogens (tertiary/aromatic N) is 3. The summed E-state index contributed by atoms with van der Waals surface area (Å²) in [6.07, 6.45) is 7.99. The molecule has 1 fully saturated rings. The van der Waals surface area contributed by atoms with Crippen LogP contribution in [0.5, 0.6) is 0 Å². The van der Waals surface area contributed by atoms with E-state index in [9.17, 15) is 0 Å². The lowest BCUT2D eigenvalue weighted by molar-refractivity contribution is 0.461. The Bertz CT molecular complexity index is 613. The van der Waals surface area contributed by atoms with E-state index in [2.05, 4.69) is 25.8 Å². The predicted octanol–water partition coefficient (Wildman–Crippen LogP) is 3.88. The number of halogens is 1. The zero-order chi connectivity index (χ0) is 15.2. The van der Waals surface area contributed by atoms with E-state index in [0.29, 0.717) is 18.5 Å². The Morgan fingerprint density at radius 1 is 1.14 bits per heavy atom. The summed E-state index contributed by atoms with van der Waals surface area (Å²) < 4.78 is 0. The fourth-order valence-corrected chi connectivity index (χ4v) is 2.92. The quantitative estimate of drug-likeness (QED) is 0.876. The molecule has 6 heteroatoms. The highest BCUT2D eigenvalue weighted by molar-refractivity contribution is 6.31. The maximum atomic E-state index is 6.14. The van der Waals surface area contributed by atoms with E-state index in [1.165, 1.54) is 32.1 Å². The number of hydrogen-bond donors (Lipinski definition) is 2. The second-order valence-electron chi connectivity index (χ2n) is 5.59. The lowest BCUT2D eigenvalue weighted by Gasteiger charge is -2.23. The van der Waals surface area contributed by atoms with Crippen LogP contribution in [0.2, 0.25) is 5.02 Å². The highest BCUT2D eigenvalue weighted by Crippen LogP contribution is 2.21. The van der Waals surface area contributed by atoms with Gasteiger partial charge < -0.3 is 10.6 Å². The molecule has 22 heavy (non-hydrogen) atoms. The SMILES string of the molecule is Clc1ccccc1CNc1nncc(NC2CCCCC2)n1. The van der Waals surface area contributed by atoms with Gasteiger partial charge in [-0.15, -0.1) is 5.10 Å². The molecule has 3 rings (SSSR count). The summed E-state index contributed by atoms with van der Waals surface area (Å²) in [6, 6.07) is 8.23. The molecular weight excluding hydrogens is 298 g/mol. The van der Waals surface area contributed by atoms with Crippen molar-refractivity contribution < 1.29 is 0 Å². The van der Waals surface area contributed by atoms with Gasteiger partial charge in [-0.2, -0.15) is 10.1 Å². The van der Waals surface area contributed by atoms with Gasteiger partial charge in [0.25, 0.3) is 0 Å². The molecule has 1 aliphatic rings. The molecule has 5 nitrogen and oxygen atoms in total. The van der Waals surface area contributed by atoms with E-state index in [-0.39, 0.29) is 0 Å². The molecular formula is C16H20ClN5. The zero-order valence-corrected chi connectivity index (χ0v) is 13.2. The maximum Gasteiger partial charge on any atom is 0.244 e. The van der Waals surface area contributed by atoms with Gasteiger partial charge in [0.15, 0.2) is 5.82 Å². The van der Waals surface area contributed by atoms with E-state index < -0.39 is 0 Å². The van der Waals surface area contributed by atoms with Crippen LogP contribution in [0.4, 0.5) is 11.8 Å². The van der Waals surface area contributed by atoms with E-state index in [4.69, 9.17) is 11.6 Å². The van der Waals surface area contributed by atoms with E-state index in [1.54, 1.807) is 6.20 Å². The molecule has 2 N–H and O–H groups in total. The molecule has 1 heterocycles. The third-order valence-electron chi connectivity index (χ3n) is 3.91. The summed E-state index contributed by atoms with van der Waals surface area (Å²) in [5.74, 6) is 1.30. The molecule has 0 spiro atoms. The first-order valence-corrected chi connectivity index (χ1v) is 8.12. The largest absolute Gasteiger partial charge is 0.366 e. The van der Waals surface area contributed by atoms with Crippen molar-refractivity contribution in [2.45, 2.75) is 44.7 Å². The molecule has 2 aromatic rings. The van der Waals surface area contributed by atoms with Crippen LogP contribution >= 0.6 is 11.6 Å². The predicted molar refractivity (Wildman–Crippen MR) is 89.1 cm³/mol. The van der Waals surface area contributed by atoms with Gasteiger partial charge in [0.2, 0.25) is 5.95 Å². The molecule has 0 amide bonds. The summed E-state index contributed by atoms with van der Waals surface area (Å²) in [5, 5.41) is 15.4. The minimum Gasteiger partial charge on any atom is -0.366 e. The normalized spacial score (nSPS) is 15.5. The van der Waals surface area contributed by atoms with Crippen molar-refractivity contribution in [3.63, 3.8) is 0 Å². The molecule has 0 aliphatic heterocycles. The van der Waals surface area contributed by atoms with Crippen LogP contribution in [0.15, 0.2) is 30.5 Å².